The number of hydrogen-bond donors (Lipinski definition) is 0. The highest BCUT2D eigenvalue weighted by atomic mass is 35.5. The molecule has 2 aromatic carbocycles. The Kier molecular flexibility index (Phi) is 6.45. The number of aryl methyl sites for hydroxylation is 2. The smallest absolute Gasteiger partial charge is 0.266 e. The minimum Gasteiger partial charge on any atom is -0.484 e. The molecule has 1 atom stereocenters. The van der Waals surface area contributed by atoms with Crippen molar-refractivity contribution in [1.82, 2.24) is 4.90 Å². The summed E-state index contributed by atoms with van der Waals surface area (Å²) in [7, 11) is 0. The largest absolute Gasteiger partial charge is 0.484 e. The Hall–Kier alpha value is -1.98. The number of amides is 1. The zero-order valence-electron chi connectivity index (χ0n) is 15.7. The molecule has 3 rings (SSSR count). The van der Waals surface area contributed by atoms with Gasteiger partial charge < -0.3 is 4.74 Å². The van der Waals surface area contributed by atoms with Crippen LogP contribution in [-0.2, 0) is 4.79 Å². The number of thioether (sulfide) groups is 1. The van der Waals surface area contributed by atoms with Gasteiger partial charge in [0.15, 0.2) is 11.8 Å². The van der Waals surface area contributed by atoms with E-state index in [1.807, 2.05) is 44.2 Å². The van der Waals surface area contributed by atoms with Crippen LogP contribution in [0.3, 0.4) is 0 Å². The van der Waals surface area contributed by atoms with Gasteiger partial charge >= 0.3 is 0 Å². The maximum Gasteiger partial charge on any atom is 0.266 e. The second-order valence-corrected chi connectivity index (χ2v) is 7.96. The van der Waals surface area contributed by atoms with E-state index < -0.39 is 0 Å². The predicted molar refractivity (Wildman–Crippen MR) is 113 cm³/mol. The summed E-state index contributed by atoms with van der Waals surface area (Å²) in [6, 6.07) is 13.5. The fourth-order valence-corrected chi connectivity index (χ4v) is 4.30. The van der Waals surface area contributed by atoms with E-state index in [0.717, 1.165) is 34.2 Å². The summed E-state index contributed by atoms with van der Waals surface area (Å²) in [6.45, 7) is 6.01. The Balaban J connectivity index is 1.75. The molecule has 2 aromatic rings. The van der Waals surface area contributed by atoms with Gasteiger partial charge in [-0.1, -0.05) is 42.4 Å². The minimum atomic E-state index is -0.0779. The first-order valence-electron chi connectivity index (χ1n) is 8.97. The summed E-state index contributed by atoms with van der Waals surface area (Å²) in [5.41, 5.74) is 2.93. The van der Waals surface area contributed by atoms with Crippen LogP contribution in [0.2, 0.25) is 5.02 Å². The number of nitrogens with zero attached hydrogens (tertiary/aromatic N) is 2. The Morgan fingerprint density at radius 2 is 2.11 bits per heavy atom. The van der Waals surface area contributed by atoms with Gasteiger partial charge in [0.1, 0.15) is 5.75 Å². The van der Waals surface area contributed by atoms with Crippen molar-refractivity contribution in [1.29, 1.82) is 0 Å². The van der Waals surface area contributed by atoms with E-state index in [4.69, 9.17) is 21.3 Å². The van der Waals surface area contributed by atoms with Crippen molar-refractivity contribution in [2.75, 3.05) is 12.4 Å². The third-order valence-electron chi connectivity index (χ3n) is 4.43. The quantitative estimate of drug-likeness (QED) is 0.674. The van der Waals surface area contributed by atoms with Crippen molar-refractivity contribution in [2.45, 2.75) is 33.2 Å². The van der Waals surface area contributed by atoms with Gasteiger partial charge in [0.25, 0.3) is 5.91 Å². The number of benzene rings is 2. The average molecular weight is 403 g/mol. The minimum absolute atomic E-state index is 0.0228. The zero-order valence-corrected chi connectivity index (χ0v) is 17.3. The molecule has 0 saturated carbocycles. The van der Waals surface area contributed by atoms with Crippen molar-refractivity contribution in [2.24, 2.45) is 4.99 Å². The van der Waals surface area contributed by atoms with E-state index in [1.54, 1.807) is 28.8 Å². The summed E-state index contributed by atoms with van der Waals surface area (Å²) in [6.07, 6.45) is 0.881. The molecule has 6 heteroatoms. The third kappa shape index (κ3) is 4.85. The molecule has 1 fully saturated rings. The van der Waals surface area contributed by atoms with Crippen LogP contribution in [0.25, 0.3) is 0 Å². The molecule has 0 aromatic heterocycles. The van der Waals surface area contributed by atoms with Crippen molar-refractivity contribution in [3.8, 4) is 5.75 Å². The Bertz CT molecular complexity index is 869. The summed E-state index contributed by atoms with van der Waals surface area (Å²) in [4.78, 5) is 19.4. The fourth-order valence-electron chi connectivity index (χ4n) is 2.90. The van der Waals surface area contributed by atoms with E-state index in [1.165, 1.54) is 0 Å². The molecule has 1 aliphatic rings. The Morgan fingerprint density at radius 3 is 2.81 bits per heavy atom. The van der Waals surface area contributed by atoms with E-state index >= 15 is 0 Å². The highest BCUT2D eigenvalue weighted by Crippen LogP contribution is 2.29. The molecule has 1 heterocycles. The number of aliphatic imine (C=N–C) groups is 1. The molecule has 0 spiro atoms. The number of carbonyl (C=O) groups excluding carboxylic acids is 1. The molecule has 0 bridgehead atoms. The Labute approximate surface area is 169 Å². The van der Waals surface area contributed by atoms with E-state index in [-0.39, 0.29) is 18.6 Å². The molecule has 1 aliphatic heterocycles. The van der Waals surface area contributed by atoms with Crippen molar-refractivity contribution in [3.05, 3.63) is 58.6 Å². The van der Waals surface area contributed by atoms with Gasteiger partial charge in [0.2, 0.25) is 0 Å². The SMILES string of the molecule is CC[C@H]1CSC(=Nc2cccc(C)c2)N1C(=O)COc1ccc(Cl)c(C)c1. The molecule has 1 saturated heterocycles. The number of carbonyl (C=O) groups is 1. The third-order valence-corrected chi connectivity index (χ3v) is 5.96. The lowest BCUT2D eigenvalue weighted by atomic mass is 10.2. The van der Waals surface area contributed by atoms with Gasteiger partial charge in [-0.15, -0.1) is 0 Å². The van der Waals surface area contributed by atoms with Crippen molar-refractivity contribution >= 4 is 40.1 Å². The molecule has 4 nitrogen and oxygen atoms in total. The normalized spacial score (nSPS) is 18.1. The summed E-state index contributed by atoms with van der Waals surface area (Å²) >= 11 is 7.66. The van der Waals surface area contributed by atoms with Gasteiger partial charge in [0.05, 0.1) is 5.69 Å². The molecule has 0 radical (unpaired) electrons. The first-order valence-corrected chi connectivity index (χ1v) is 10.3. The van der Waals surface area contributed by atoms with Crippen LogP contribution in [0.15, 0.2) is 47.5 Å². The maximum absolute atomic E-state index is 12.9. The van der Waals surface area contributed by atoms with Crippen LogP contribution in [0.1, 0.15) is 24.5 Å². The summed E-state index contributed by atoms with van der Waals surface area (Å²) in [5, 5.41) is 1.43. The average Bonchev–Trinajstić information content (AvgIpc) is 3.05. The predicted octanol–water partition coefficient (Wildman–Crippen LogP) is 5.38. The lowest BCUT2D eigenvalue weighted by molar-refractivity contribution is -0.130. The lowest BCUT2D eigenvalue weighted by Crippen LogP contribution is -2.41. The van der Waals surface area contributed by atoms with Crippen LogP contribution < -0.4 is 4.74 Å². The first kappa shape index (κ1) is 19.8. The van der Waals surface area contributed by atoms with Gasteiger partial charge in [-0.3, -0.25) is 9.69 Å². The molecule has 27 heavy (non-hydrogen) atoms. The Morgan fingerprint density at radius 1 is 1.30 bits per heavy atom. The van der Waals surface area contributed by atoms with Crippen molar-refractivity contribution in [3.63, 3.8) is 0 Å². The van der Waals surface area contributed by atoms with Crippen LogP contribution in [0.5, 0.6) is 5.75 Å². The fraction of sp³-hybridized carbons (Fsp3) is 0.333. The number of hydrogen-bond acceptors (Lipinski definition) is 4. The van der Waals surface area contributed by atoms with Crippen LogP contribution >= 0.6 is 23.4 Å². The van der Waals surface area contributed by atoms with Gasteiger partial charge in [0, 0.05) is 16.8 Å². The molecular formula is C21H23ClN2O2S. The summed E-state index contributed by atoms with van der Waals surface area (Å²) in [5.74, 6) is 1.42. The van der Waals surface area contributed by atoms with Gasteiger partial charge in [-0.2, -0.15) is 0 Å². The number of ether oxygens (including phenoxy) is 1. The molecule has 142 valence electrons. The number of amidine groups is 1. The maximum atomic E-state index is 12.9. The monoisotopic (exact) mass is 402 g/mol. The zero-order chi connectivity index (χ0) is 19.4. The van der Waals surface area contributed by atoms with Crippen LogP contribution in [0.4, 0.5) is 5.69 Å². The van der Waals surface area contributed by atoms with Gasteiger partial charge in [-0.25, -0.2) is 4.99 Å². The standard InChI is InChI=1S/C21H23ClN2O2S/c1-4-17-13-27-21(23-16-7-5-6-14(2)10-16)24(17)20(25)12-26-18-8-9-19(22)15(3)11-18/h5-11,17H,4,12-13H2,1-3H3/t17-/m0/s1. The van der Waals surface area contributed by atoms with Gasteiger partial charge in [-0.05, 0) is 61.7 Å². The van der Waals surface area contributed by atoms with Crippen LogP contribution in [-0.4, -0.2) is 34.4 Å². The number of halogens is 1. The van der Waals surface area contributed by atoms with Crippen molar-refractivity contribution < 1.29 is 9.53 Å². The number of rotatable bonds is 5. The van der Waals surface area contributed by atoms with E-state index in [0.29, 0.717) is 10.8 Å². The molecule has 0 aliphatic carbocycles. The topological polar surface area (TPSA) is 41.9 Å². The lowest BCUT2D eigenvalue weighted by Gasteiger charge is -2.23. The molecule has 1 amide bonds. The van der Waals surface area contributed by atoms with Crippen LogP contribution in [0, 0.1) is 13.8 Å². The highest BCUT2D eigenvalue weighted by molar-refractivity contribution is 8.14. The molecule has 0 N–H and O–H groups in total. The highest BCUT2D eigenvalue weighted by Gasteiger charge is 2.34. The van der Waals surface area contributed by atoms with E-state index in [9.17, 15) is 4.79 Å². The second kappa shape index (κ2) is 8.81. The summed E-state index contributed by atoms with van der Waals surface area (Å²) < 4.78 is 5.71. The van der Waals surface area contributed by atoms with E-state index in [2.05, 4.69) is 6.92 Å². The second-order valence-electron chi connectivity index (χ2n) is 6.57. The first-order chi connectivity index (χ1) is 13.0. The molecule has 0 unspecified atom stereocenters. The molecular weight excluding hydrogens is 380 g/mol.